The van der Waals surface area contributed by atoms with Crippen molar-refractivity contribution in [3.05, 3.63) is 57.5 Å². The van der Waals surface area contributed by atoms with E-state index in [0.717, 1.165) is 21.8 Å². The third kappa shape index (κ3) is 18.0. The average molecular weight is 619 g/mol. The lowest BCUT2D eigenvalue weighted by atomic mass is 9.95. The lowest BCUT2D eigenvalue weighted by Crippen LogP contribution is -2.36. The normalized spacial score (nSPS) is 15.4. The fourth-order valence-electron chi connectivity index (χ4n) is 3.53. The minimum absolute atomic E-state index is 0.0132. The molecule has 194 valence electrons. The van der Waals surface area contributed by atoms with Gasteiger partial charge < -0.3 is 11.1 Å². The van der Waals surface area contributed by atoms with Gasteiger partial charge in [0.05, 0.1) is 14.1 Å². The van der Waals surface area contributed by atoms with Crippen LogP contribution in [0.25, 0.3) is 0 Å². The lowest BCUT2D eigenvalue weighted by molar-refractivity contribution is -0.191. The Kier molecular flexibility index (Phi) is 19.9. The van der Waals surface area contributed by atoms with Crippen molar-refractivity contribution >= 4 is 43.9 Å². The monoisotopic (exact) mass is 617 g/mol. The first-order valence-corrected chi connectivity index (χ1v) is 13.0. The van der Waals surface area contributed by atoms with E-state index in [4.69, 9.17) is 16.7 Å². The van der Waals surface area contributed by atoms with Crippen LogP contribution in [-0.2, 0) is 9.59 Å². The molecule has 10 heteroatoms. The number of halogens is 3. The summed E-state index contributed by atoms with van der Waals surface area (Å²) in [7, 11) is -1.00. The number of nitrogens with one attached hydrogen (secondary N) is 1. The highest BCUT2D eigenvalue weighted by atomic mass is 79.9. The van der Waals surface area contributed by atoms with Crippen LogP contribution in [0.4, 0.5) is 4.39 Å². The summed E-state index contributed by atoms with van der Waals surface area (Å²) in [4.78, 5) is 36.0. The topological polar surface area (TPSA) is 115 Å². The molecule has 2 heterocycles. The largest absolute Gasteiger partial charge is 0.373 e. The van der Waals surface area contributed by atoms with E-state index < -0.39 is 7.15 Å². The number of aromatic nitrogens is 2. The highest BCUT2D eigenvalue weighted by Gasteiger charge is 2.16. The van der Waals surface area contributed by atoms with Gasteiger partial charge in [-0.05, 0) is 75.7 Å². The highest BCUT2D eigenvalue weighted by molar-refractivity contribution is 9.10. The number of carbonyl (C=O) groups excluding carboxylic acids is 3. The molecule has 0 atom stereocenters. The fourth-order valence-corrected chi connectivity index (χ4v) is 4.16. The predicted octanol–water partition coefficient (Wildman–Crippen LogP) is 6.03. The number of nitrogens with two attached hydrogens (primary N) is 1. The minimum atomic E-state index is -1.00. The number of hydrogen-bond donors (Lipinski definition) is 2. The summed E-state index contributed by atoms with van der Waals surface area (Å²) in [5.74, 6) is -0.0132. The maximum atomic E-state index is 11.9. The van der Waals surface area contributed by atoms with Crippen LogP contribution >= 0.6 is 31.9 Å². The van der Waals surface area contributed by atoms with Crippen molar-refractivity contribution in [2.24, 2.45) is 5.73 Å². The molecule has 2 saturated carbocycles. The third-order valence-electron chi connectivity index (χ3n) is 5.18. The zero-order chi connectivity index (χ0) is 27.0. The number of hydrogen-bond acceptors (Lipinski definition) is 6. The van der Waals surface area contributed by atoms with Crippen LogP contribution < -0.4 is 11.1 Å². The van der Waals surface area contributed by atoms with E-state index in [0.29, 0.717) is 17.6 Å². The Morgan fingerprint density at radius 3 is 1.97 bits per heavy atom. The molecule has 0 aliphatic heterocycles. The van der Waals surface area contributed by atoms with Gasteiger partial charge in [-0.25, -0.2) is 0 Å². The van der Waals surface area contributed by atoms with E-state index in [1.165, 1.54) is 51.4 Å². The van der Waals surface area contributed by atoms with Gasteiger partial charge in [-0.3, -0.25) is 19.2 Å². The first-order chi connectivity index (χ1) is 17.4. The summed E-state index contributed by atoms with van der Waals surface area (Å²) in [6.07, 6.45) is 19.6. The van der Waals surface area contributed by atoms with Crippen LogP contribution in [0, 0.1) is 0 Å². The zero-order valence-corrected chi connectivity index (χ0v) is 23.0. The van der Waals surface area contributed by atoms with Crippen molar-refractivity contribution in [3.8, 4) is 0 Å². The summed E-state index contributed by atoms with van der Waals surface area (Å²) in [5.41, 5.74) is 6.26. The van der Waals surface area contributed by atoms with Crippen molar-refractivity contribution in [2.75, 3.05) is 7.15 Å². The number of amides is 1. The maximum Gasteiger partial charge on any atom is 0.373 e. The number of rotatable bonds is 2. The Morgan fingerprint density at radius 1 is 1.03 bits per heavy atom. The van der Waals surface area contributed by atoms with E-state index >= 15 is 0 Å². The van der Waals surface area contributed by atoms with E-state index in [1.807, 2.05) is 12.1 Å². The molecule has 4 rings (SSSR count). The van der Waals surface area contributed by atoms with Gasteiger partial charge in [-0.15, -0.1) is 0 Å². The zero-order valence-electron chi connectivity index (χ0n) is 20.8. The fraction of sp³-hybridized carbons (Fsp3) is 0.520. The third-order valence-corrected chi connectivity index (χ3v) is 6.09. The summed E-state index contributed by atoms with van der Waals surface area (Å²) in [5, 5.41) is 3.06. The van der Waals surface area contributed by atoms with Gasteiger partial charge in [0.15, 0.2) is 0 Å². The van der Waals surface area contributed by atoms with Crippen LogP contribution in [-0.4, -0.2) is 41.3 Å². The summed E-state index contributed by atoms with van der Waals surface area (Å²) in [6, 6.07) is 6.50. The van der Waals surface area contributed by atoms with Crippen molar-refractivity contribution in [1.82, 2.24) is 15.3 Å². The molecular formula is C25H35Br2FN4O3. The summed E-state index contributed by atoms with van der Waals surface area (Å²) < 4.78 is 17.4. The second-order valence-electron chi connectivity index (χ2n) is 7.85. The average Bonchev–Trinajstić information content (AvgIpc) is 2.87. The van der Waals surface area contributed by atoms with Gasteiger partial charge in [0.1, 0.15) is 0 Å². The van der Waals surface area contributed by atoms with Gasteiger partial charge in [0.25, 0.3) is 5.91 Å². The molecular weight excluding hydrogens is 583 g/mol. The molecule has 2 aliphatic rings. The minimum Gasteiger partial charge on any atom is -0.349 e. The number of pyridine rings is 2. The lowest BCUT2D eigenvalue weighted by Gasteiger charge is -2.22. The molecule has 0 radical (unpaired) electrons. The smallest absolute Gasteiger partial charge is 0.349 e. The van der Waals surface area contributed by atoms with E-state index in [2.05, 4.69) is 47.1 Å². The quantitative estimate of drug-likeness (QED) is 0.425. The first kappa shape index (κ1) is 31.0. The summed E-state index contributed by atoms with van der Waals surface area (Å²) in [6.45, 7) is 0. The number of nitrogens with zero attached hydrogens (tertiary/aromatic N) is 2. The Labute approximate surface area is 225 Å². The SMILES string of the molecule is Brc1cccnc1.NC1CCCCC1.O=C(NC1CCCCC1)c1cncc(Br)c1.O=C=O.[2H]CF. The molecule has 1 amide bonds. The molecule has 35 heavy (non-hydrogen) atoms. The van der Waals surface area contributed by atoms with Crippen molar-refractivity contribution in [1.29, 1.82) is 0 Å². The van der Waals surface area contributed by atoms with Crippen LogP contribution in [0.2, 0.25) is 0 Å². The van der Waals surface area contributed by atoms with Gasteiger partial charge in [-0.1, -0.05) is 38.5 Å². The molecule has 0 saturated heterocycles. The highest BCUT2D eigenvalue weighted by Crippen LogP contribution is 2.18. The Balaban J connectivity index is 0.000000509. The predicted molar refractivity (Wildman–Crippen MR) is 141 cm³/mol. The second kappa shape index (κ2) is 22.5. The number of alkyl halides is 1. The van der Waals surface area contributed by atoms with Gasteiger partial charge in [0, 0.05) is 45.8 Å². The molecule has 7 nitrogen and oxygen atoms in total. The van der Waals surface area contributed by atoms with E-state index in [-0.39, 0.29) is 12.1 Å². The Bertz CT molecular complexity index is 850. The first-order valence-electron chi connectivity index (χ1n) is 12.2. The molecule has 2 aromatic rings. The van der Waals surface area contributed by atoms with Crippen LogP contribution in [0.15, 0.2) is 51.9 Å². The standard InChI is InChI=1S/C12H15BrN2O.C6H13N.C5H4BrN.CH3F.CO2/c13-10-6-9(7-14-8-10)12(16)15-11-4-2-1-3-5-11;7-6-4-2-1-3-5-6;6-5-2-1-3-7-4-5;1-2;2-1-3/h6-8,11H,1-5H2,(H,15,16);6H,1-5,7H2;1-4H;1H3;/i;;;1D;. The molecule has 0 aromatic carbocycles. The molecule has 2 aliphatic carbocycles. The molecule has 3 N–H and O–H groups in total. The van der Waals surface area contributed by atoms with Gasteiger partial charge in [0.2, 0.25) is 0 Å². The second-order valence-corrected chi connectivity index (χ2v) is 9.68. The van der Waals surface area contributed by atoms with Crippen LogP contribution in [0.5, 0.6) is 0 Å². The maximum absolute atomic E-state index is 11.9. The molecule has 0 bridgehead atoms. The van der Waals surface area contributed by atoms with Gasteiger partial charge in [-0.2, -0.15) is 9.59 Å². The van der Waals surface area contributed by atoms with Crippen molar-refractivity contribution in [3.63, 3.8) is 0 Å². The van der Waals surface area contributed by atoms with E-state index in [9.17, 15) is 9.18 Å². The molecule has 0 spiro atoms. The Hall–Kier alpha value is -2.00. The van der Waals surface area contributed by atoms with Crippen LogP contribution in [0.1, 0.15) is 75.9 Å². The molecule has 2 aromatic heterocycles. The van der Waals surface area contributed by atoms with Crippen LogP contribution in [0.3, 0.4) is 0 Å². The van der Waals surface area contributed by atoms with Gasteiger partial charge >= 0.3 is 6.15 Å². The number of carbonyl (C=O) groups is 1. The summed E-state index contributed by atoms with van der Waals surface area (Å²) >= 11 is 6.56. The molecule has 2 fully saturated rings. The van der Waals surface area contributed by atoms with Crippen molar-refractivity contribution in [2.45, 2.75) is 76.3 Å². The van der Waals surface area contributed by atoms with Crippen molar-refractivity contribution < 1.29 is 20.1 Å². The van der Waals surface area contributed by atoms with E-state index in [1.54, 1.807) is 30.9 Å². The Morgan fingerprint density at radius 2 is 1.57 bits per heavy atom. The molecule has 0 unspecified atom stereocenters.